The van der Waals surface area contributed by atoms with Crippen LogP contribution in [0.5, 0.6) is 5.75 Å². The topological polar surface area (TPSA) is 165 Å². The summed E-state index contributed by atoms with van der Waals surface area (Å²) in [5.41, 5.74) is -0.0802. The zero-order chi connectivity index (χ0) is 29.8. The number of benzene rings is 2. The average Bonchev–Trinajstić information content (AvgIpc) is 2.89. The van der Waals surface area contributed by atoms with Crippen LogP contribution in [-0.2, 0) is 32.1 Å². The summed E-state index contributed by atoms with van der Waals surface area (Å²) in [7, 11) is 0. The Bertz CT molecular complexity index is 1100. The van der Waals surface area contributed by atoms with E-state index in [1.807, 2.05) is 0 Å². The van der Waals surface area contributed by atoms with E-state index < -0.39 is 36.4 Å². The summed E-state index contributed by atoms with van der Waals surface area (Å²) in [5.74, 6) is -4.74. The van der Waals surface area contributed by atoms with Crippen molar-refractivity contribution >= 4 is 29.5 Å². The van der Waals surface area contributed by atoms with Gasteiger partial charge in [0.15, 0.2) is 5.60 Å². The summed E-state index contributed by atoms with van der Waals surface area (Å²) in [6.45, 7) is 6.55. The number of halogens is 1. The van der Waals surface area contributed by atoms with Crippen molar-refractivity contribution in [2.75, 3.05) is 26.3 Å². The third kappa shape index (κ3) is 10.8. The van der Waals surface area contributed by atoms with Crippen molar-refractivity contribution in [1.82, 2.24) is 4.90 Å². The summed E-state index contributed by atoms with van der Waals surface area (Å²) in [6, 6.07) is 15.9. The molecule has 0 unspecified atom stereocenters. The van der Waals surface area contributed by atoms with Crippen LogP contribution in [0.2, 0.25) is 5.02 Å². The minimum absolute atomic E-state index is 0.255. The Morgan fingerprint density at radius 1 is 1.00 bits per heavy atom. The first-order valence-electron chi connectivity index (χ1n) is 13.1. The van der Waals surface area contributed by atoms with E-state index in [0.29, 0.717) is 0 Å². The van der Waals surface area contributed by atoms with Gasteiger partial charge in [-0.2, -0.15) is 0 Å². The number of likely N-dealkylation sites (tertiary alicyclic amines) is 1. The fourth-order valence-corrected chi connectivity index (χ4v) is 4.84. The van der Waals surface area contributed by atoms with Gasteiger partial charge in [0.2, 0.25) is 0 Å². The van der Waals surface area contributed by atoms with Crippen LogP contribution < -0.4 is 0 Å². The van der Waals surface area contributed by atoms with Crippen LogP contribution in [0.4, 0.5) is 0 Å². The van der Waals surface area contributed by atoms with Gasteiger partial charge in [-0.05, 0) is 80.4 Å². The van der Waals surface area contributed by atoms with Gasteiger partial charge in [0.05, 0.1) is 19.4 Å². The zero-order valence-electron chi connectivity index (χ0n) is 22.6. The van der Waals surface area contributed by atoms with Crippen LogP contribution in [-0.4, -0.2) is 80.2 Å². The second kappa shape index (κ2) is 15.6. The van der Waals surface area contributed by atoms with E-state index >= 15 is 0 Å². The van der Waals surface area contributed by atoms with Crippen LogP contribution in [0.15, 0.2) is 48.5 Å². The van der Waals surface area contributed by atoms with E-state index in [2.05, 4.69) is 42.2 Å². The van der Waals surface area contributed by atoms with Gasteiger partial charge < -0.3 is 30.3 Å². The number of phenolic OH excluding ortho intramolecular Hbond substituents is 1. The van der Waals surface area contributed by atoms with Crippen molar-refractivity contribution in [3.8, 4) is 5.75 Å². The van der Waals surface area contributed by atoms with E-state index in [1.54, 1.807) is 18.2 Å². The third-order valence-corrected chi connectivity index (χ3v) is 7.39. The second-order valence-electron chi connectivity index (χ2n) is 10.2. The number of nitrogens with zero attached hydrogens (tertiary/aromatic N) is 1. The number of hydrogen-bond acceptors (Lipinski definition) is 7. The molecule has 11 heteroatoms. The van der Waals surface area contributed by atoms with Gasteiger partial charge in [-0.25, -0.2) is 4.79 Å². The number of carbonyl (C=O) groups is 3. The predicted octanol–water partition coefficient (Wildman–Crippen LogP) is 4.05. The summed E-state index contributed by atoms with van der Waals surface area (Å²) < 4.78 is 5.88. The smallest absolute Gasteiger partial charge is 0.336 e. The number of phenols is 1. The highest BCUT2D eigenvalue weighted by molar-refractivity contribution is 6.31. The number of aromatic hydroxyl groups is 1. The SMILES string of the molecule is CCOCC1(CCc2ccccc2)CCN(Cc2cc(O)ccc2Cl)CC1.O=C(O)CC(O)(CC(=O)O)C(=O)O. The molecular weight excluding hydrogens is 542 g/mol. The van der Waals surface area contributed by atoms with E-state index in [0.717, 1.165) is 69.1 Å². The molecule has 2 aromatic carbocycles. The molecule has 1 fully saturated rings. The lowest BCUT2D eigenvalue weighted by Gasteiger charge is -2.42. The first kappa shape index (κ1) is 33.0. The molecule has 0 bridgehead atoms. The first-order valence-corrected chi connectivity index (χ1v) is 13.5. The van der Waals surface area contributed by atoms with Gasteiger partial charge in [-0.15, -0.1) is 0 Å². The number of piperidine rings is 1. The maximum Gasteiger partial charge on any atom is 0.336 e. The van der Waals surface area contributed by atoms with Crippen molar-refractivity contribution in [3.05, 3.63) is 64.7 Å². The van der Waals surface area contributed by atoms with Crippen LogP contribution in [0.1, 0.15) is 50.2 Å². The molecule has 0 aromatic heterocycles. The van der Waals surface area contributed by atoms with E-state index in [4.69, 9.17) is 36.8 Å². The molecule has 0 radical (unpaired) electrons. The van der Waals surface area contributed by atoms with Crippen LogP contribution in [0, 0.1) is 5.41 Å². The number of aliphatic carboxylic acids is 3. The minimum Gasteiger partial charge on any atom is -0.508 e. The maximum atomic E-state index is 10.3. The number of carboxylic acids is 3. The monoisotopic (exact) mass is 579 g/mol. The Morgan fingerprint density at radius 3 is 2.12 bits per heavy atom. The Kier molecular flexibility index (Phi) is 12.9. The van der Waals surface area contributed by atoms with Gasteiger partial charge >= 0.3 is 17.9 Å². The molecule has 0 aliphatic carbocycles. The highest BCUT2D eigenvalue weighted by Crippen LogP contribution is 2.37. The molecule has 1 aliphatic heterocycles. The molecule has 0 saturated carbocycles. The fraction of sp³-hybridized carbons (Fsp3) is 0.483. The Morgan fingerprint density at radius 2 is 1.60 bits per heavy atom. The largest absolute Gasteiger partial charge is 0.508 e. The lowest BCUT2D eigenvalue weighted by atomic mass is 9.74. The number of ether oxygens (including phenoxy) is 1. The molecule has 220 valence electrons. The summed E-state index contributed by atoms with van der Waals surface area (Å²) >= 11 is 6.30. The molecule has 3 rings (SSSR count). The molecule has 1 saturated heterocycles. The highest BCUT2D eigenvalue weighted by Gasteiger charge is 2.40. The van der Waals surface area contributed by atoms with Crippen molar-refractivity contribution in [3.63, 3.8) is 0 Å². The summed E-state index contributed by atoms with van der Waals surface area (Å²) in [4.78, 5) is 32.9. The van der Waals surface area contributed by atoms with Gasteiger partial charge in [0, 0.05) is 18.2 Å². The van der Waals surface area contributed by atoms with Crippen molar-refractivity contribution in [2.45, 2.75) is 57.6 Å². The Balaban J connectivity index is 0.000000366. The van der Waals surface area contributed by atoms with Crippen molar-refractivity contribution in [2.24, 2.45) is 5.41 Å². The summed E-state index contributed by atoms with van der Waals surface area (Å²) in [5, 5.41) is 44.3. The number of carboxylic acid groups (broad SMARTS) is 3. The van der Waals surface area contributed by atoms with Crippen LogP contribution in [0.3, 0.4) is 0 Å². The predicted molar refractivity (Wildman–Crippen MR) is 148 cm³/mol. The van der Waals surface area contributed by atoms with E-state index in [1.165, 1.54) is 5.56 Å². The number of hydrogen-bond donors (Lipinski definition) is 5. The zero-order valence-corrected chi connectivity index (χ0v) is 23.3. The number of rotatable bonds is 13. The molecule has 0 spiro atoms. The highest BCUT2D eigenvalue weighted by atomic mass is 35.5. The normalized spacial score (nSPS) is 15.1. The van der Waals surface area contributed by atoms with Gasteiger partial charge in [0.1, 0.15) is 5.75 Å². The number of aryl methyl sites for hydroxylation is 1. The summed E-state index contributed by atoms with van der Waals surface area (Å²) in [6.07, 6.45) is 2.25. The third-order valence-electron chi connectivity index (χ3n) is 7.02. The average molecular weight is 580 g/mol. The van der Waals surface area contributed by atoms with E-state index in [9.17, 15) is 19.5 Å². The Hall–Kier alpha value is -3.18. The molecular formula is C29H38ClNO9. The standard InChI is InChI=1S/C23H30ClNO2.C6H8O7/c1-2-27-18-23(11-10-19-6-4-3-5-7-19)12-14-25(15-13-23)17-20-16-21(26)8-9-22(20)24;7-3(8)1-6(13,5(11)12)2-4(9)10/h3-9,16,26H,2,10-15,17-18H2,1H3;13H,1-2H2,(H,7,8)(H,9,10)(H,11,12). The Labute approximate surface area is 238 Å². The molecule has 0 amide bonds. The molecule has 10 nitrogen and oxygen atoms in total. The molecule has 1 aliphatic rings. The molecule has 2 aromatic rings. The van der Waals surface area contributed by atoms with Crippen molar-refractivity contribution in [1.29, 1.82) is 0 Å². The van der Waals surface area contributed by atoms with Gasteiger partial charge in [-0.1, -0.05) is 41.9 Å². The van der Waals surface area contributed by atoms with Crippen molar-refractivity contribution < 1.29 is 44.7 Å². The lowest BCUT2D eigenvalue weighted by molar-refractivity contribution is -0.170. The molecule has 40 heavy (non-hydrogen) atoms. The molecule has 5 N–H and O–H groups in total. The van der Waals surface area contributed by atoms with E-state index in [-0.39, 0.29) is 11.2 Å². The molecule has 0 atom stereocenters. The van der Waals surface area contributed by atoms with Gasteiger partial charge in [0.25, 0.3) is 0 Å². The van der Waals surface area contributed by atoms with Crippen LogP contribution >= 0.6 is 11.6 Å². The first-order chi connectivity index (χ1) is 18.9. The quantitative estimate of drug-likeness (QED) is 0.234. The second-order valence-corrected chi connectivity index (χ2v) is 10.6. The minimum atomic E-state index is -2.74. The fourth-order valence-electron chi connectivity index (χ4n) is 4.66. The number of aliphatic hydroxyl groups is 1. The maximum absolute atomic E-state index is 10.3. The lowest BCUT2D eigenvalue weighted by Crippen LogP contribution is -2.42. The molecule has 1 heterocycles. The van der Waals surface area contributed by atoms with Crippen LogP contribution in [0.25, 0.3) is 0 Å². The van der Waals surface area contributed by atoms with Gasteiger partial charge in [-0.3, -0.25) is 14.5 Å².